The number of benzene rings is 1. The molecule has 6 heteroatoms. The average Bonchev–Trinajstić information content (AvgIpc) is 3.19. The molecule has 0 saturated carbocycles. The van der Waals surface area contributed by atoms with Crippen LogP contribution in [0, 0.1) is 0 Å². The third-order valence-electron chi connectivity index (χ3n) is 5.59. The van der Waals surface area contributed by atoms with Crippen molar-refractivity contribution in [3.63, 3.8) is 0 Å². The minimum absolute atomic E-state index is 0.0890. The topological polar surface area (TPSA) is 49.3 Å². The Bertz CT molecular complexity index is 743. The molecule has 4 rings (SSSR count). The summed E-state index contributed by atoms with van der Waals surface area (Å²) in [6, 6.07) is 8.40. The third kappa shape index (κ3) is 3.81. The molecule has 5 nitrogen and oxygen atoms in total. The van der Waals surface area contributed by atoms with E-state index in [1.165, 1.54) is 45.2 Å². The number of hydrogen-bond acceptors (Lipinski definition) is 6. The number of aromatic nitrogens is 2. The molecule has 0 N–H and O–H groups in total. The Kier molecular flexibility index (Phi) is 5.31. The Balaban J connectivity index is 1.38. The molecule has 1 aromatic heterocycles. The molecular weight excluding hydrogens is 344 g/mol. The van der Waals surface area contributed by atoms with E-state index in [0.29, 0.717) is 0 Å². The van der Waals surface area contributed by atoms with Gasteiger partial charge in [-0.05, 0) is 45.7 Å². The Hall–Kier alpha value is -1.79. The minimum Gasteiger partial charge on any atom is -0.347 e. The fourth-order valence-corrected chi connectivity index (χ4v) is 4.92. The number of carbonyl (C=O) groups excluding carboxylic acids is 1. The van der Waals surface area contributed by atoms with Gasteiger partial charge in [0, 0.05) is 30.3 Å². The number of likely N-dealkylation sites (tertiary alicyclic amines) is 1. The van der Waals surface area contributed by atoms with E-state index in [2.05, 4.69) is 20.0 Å². The number of piperidine rings is 2. The lowest BCUT2D eigenvalue weighted by atomic mass is 10.0. The van der Waals surface area contributed by atoms with Crippen molar-refractivity contribution in [2.45, 2.75) is 45.1 Å². The largest absolute Gasteiger partial charge is 0.347 e. The number of hydrogen-bond donors (Lipinski definition) is 0. The van der Waals surface area contributed by atoms with Crippen LogP contribution in [0.25, 0.3) is 10.6 Å². The molecule has 138 valence electrons. The standard InChI is InChI=1S/C20H26N4OS/c1-15(25)16-5-7-17(8-6-16)19-21-22-20(26-19)24-13-9-18(10-14-24)23-11-3-2-4-12-23/h5-8,18H,2-4,9-14H2,1H3. The molecule has 0 unspecified atom stereocenters. The highest BCUT2D eigenvalue weighted by atomic mass is 32.1. The van der Waals surface area contributed by atoms with E-state index in [1.807, 2.05) is 24.3 Å². The van der Waals surface area contributed by atoms with E-state index in [4.69, 9.17) is 0 Å². The summed E-state index contributed by atoms with van der Waals surface area (Å²) in [6.45, 7) is 6.29. The average molecular weight is 371 g/mol. The molecule has 2 aliphatic heterocycles. The predicted octanol–water partition coefficient (Wildman–Crippen LogP) is 3.86. The van der Waals surface area contributed by atoms with Crippen LogP contribution in [-0.2, 0) is 0 Å². The van der Waals surface area contributed by atoms with Gasteiger partial charge < -0.3 is 9.80 Å². The first-order valence-corrected chi connectivity index (χ1v) is 10.5. The number of ketones is 1. The van der Waals surface area contributed by atoms with Gasteiger partial charge in [0.15, 0.2) is 5.78 Å². The summed E-state index contributed by atoms with van der Waals surface area (Å²) in [7, 11) is 0. The Morgan fingerprint density at radius 3 is 2.35 bits per heavy atom. The SMILES string of the molecule is CC(=O)c1ccc(-c2nnc(N3CCC(N4CCCCC4)CC3)s2)cc1. The summed E-state index contributed by atoms with van der Waals surface area (Å²) in [4.78, 5) is 16.5. The normalized spacial score (nSPS) is 19.7. The summed E-state index contributed by atoms with van der Waals surface area (Å²) in [5.74, 6) is 0.0890. The Labute approximate surface area is 159 Å². The van der Waals surface area contributed by atoms with E-state index in [-0.39, 0.29) is 5.78 Å². The van der Waals surface area contributed by atoms with Gasteiger partial charge in [-0.15, -0.1) is 10.2 Å². The van der Waals surface area contributed by atoms with Crippen LogP contribution in [0.4, 0.5) is 5.13 Å². The van der Waals surface area contributed by atoms with Crippen molar-refractivity contribution in [2.75, 3.05) is 31.1 Å². The molecule has 2 fully saturated rings. The number of carbonyl (C=O) groups is 1. The van der Waals surface area contributed by atoms with Gasteiger partial charge in [-0.1, -0.05) is 42.0 Å². The number of anilines is 1. The molecule has 2 saturated heterocycles. The molecule has 0 bridgehead atoms. The zero-order valence-electron chi connectivity index (χ0n) is 15.4. The second-order valence-electron chi connectivity index (χ2n) is 7.34. The lowest BCUT2D eigenvalue weighted by molar-refractivity contribution is 0.101. The molecular formula is C20H26N4OS. The molecule has 0 spiro atoms. The number of rotatable bonds is 4. The Morgan fingerprint density at radius 2 is 1.69 bits per heavy atom. The van der Waals surface area contributed by atoms with Gasteiger partial charge in [0.25, 0.3) is 0 Å². The zero-order chi connectivity index (χ0) is 17.9. The van der Waals surface area contributed by atoms with Crippen molar-refractivity contribution in [1.29, 1.82) is 0 Å². The lowest BCUT2D eigenvalue weighted by Gasteiger charge is -2.40. The van der Waals surface area contributed by atoms with Gasteiger partial charge in [0.2, 0.25) is 5.13 Å². The lowest BCUT2D eigenvalue weighted by Crippen LogP contribution is -2.46. The van der Waals surface area contributed by atoms with Crippen LogP contribution in [0.1, 0.15) is 49.4 Å². The molecule has 2 aromatic rings. The van der Waals surface area contributed by atoms with Crippen molar-refractivity contribution in [3.05, 3.63) is 29.8 Å². The molecule has 1 aromatic carbocycles. The van der Waals surface area contributed by atoms with Crippen LogP contribution >= 0.6 is 11.3 Å². The van der Waals surface area contributed by atoms with Gasteiger partial charge in [-0.2, -0.15) is 0 Å². The number of Topliss-reactive ketones (excluding diaryl/α,β-unsaturated/α-hetero) is 1. The quantitative estimate of drug-likeness (QED) is 0.765. The van der Waals surface area contributed by atoms with Gasteiger partial charge in [0.05, 0.1) is 0 Å². The molecule has 0 amide bonds. The predicted molar refractivity (Wildman–Crippen MR) is 106 cm³/mol. The van der Waals surface area contributed by atoms with Crippen LogP contribution in [-0.4, -0.2) is 53.1 Å². The maximum absolute atomic E-state index is 11.4. The van der Waals surface area contributed by atoms with E-state index in [9.17, 15) is 4.79 Å². The molecule has 0 aliphatic carbocycles. The monoisotopic (exact) mass is 370 g/mol. The third-order valence-corrected chi connectivity index (χ3v) is 6.63. The summed E-state index contributed by atoms with van der Waals surface area (Å²) in [5, 5.41) is 10.7. The van der Waals surface area contributed by atoms with Crippen LogP contribution in [0.3, 0.4) is 0 Å². The van der Waals surface area contributed by atoms with Gasteiger partial charge in [-0.3, -0.25) is 4.79 Å². The summed E-state index contributed by atoms with van der Waals surface area (Å²) in [5.41, 5.74) is 1.76. The smallest absolute Gasteiger partial charge is 0.208 e. The second-order valence-corrected chi connectivity index (χ2v) is 8.29. The van der Waals surface area contributed by atoms with Gasteiger partial charge >= 0.3 is 0 Å². The fourth-order valence-electron chi connectivity index (χ4n) is 4.01. The summed E-state index contributed by atoms with van der Waals surface area (Å²) >= 11 is 1.65. The number of nitrogens with zero attached hydrogens (tertiary/aromatic N) is 4. The molecule has 0 atom stereocenters. The van der Waals surface area contributed by atoms with Crippen LogP contribution < -0.4 is 4.90 Å². The first-order valence-electron chi connectivity index (χ1n) is 9.64. The molecule has 0 radical (unpaired) electrons. The maximum atomic E-state index is 11.4. The zero-order valence-corrected chi connectivity index (χ0v) is 16.2. The van der Waals surface area contributed by atoms with E-state index in [0.717, 1.165) is 40.4 Å². The first kappa shape index (κ1) is 17.6. The second kappa shape index (κ2) is 7.84. The van der Waals surface area contributed by atoms with Crippen molar-refractivity contribution in [2.24, 2.45) is 0 Å². The van der Waals surface area contributed by atoms with Crippen LogP contribution in [0.2, 0.25) is 0 Å². The highest BCUT2D eigenvalue weighted by Crippen LogP contribution is 2.31. The van der Waals surface area contributed by atoms with Crippen LogP contribution in [0.5, 0.6) is 0 Å². The first-order chi connectivity index (χ1) is 12.7. The summed E-state index contributed by atoms with van der Waals surface area (Å²) in [6.07, 6.45) is 6.57. The van der Waals surface area contributed by atoms with Gasteiger partial charge in [0.1, 0.15) is 5.01 Å². The van der Waals surface area contributed by atoms with Crippen molar-refractivity contribution >= 4 is 22.3 Å². The van der Waals surface area contributed by atoms with Gasteiger partial charge in [-0.25, -0.2) is 0 Å². The van der Waals surface area contributed by atoms with Crippen molar-refractivity contribution in [3.8, 4) is 10.6 Å². The highest BCUT2D eigenvalue weighted by Gasteiger charge is 2.27. The maximum Gasteiger partial charge on any atom is 0.208 e. The minimum atomic E-state index is 0.0890. The molecule has 3 heterocycles. The molecule has 2 aliphatic rings. The van der Waals surface area contributed by atoms with Crippen molar-refractivity contribution < 1.29 is 4.79 Å². The summed E-state index contributed by atoms with van der Waals surface area (Å²) < 4.78 is 0. The molecule has 26 heavy (non-hydrogen) atoms. The Morgan fingerprint density at radius 1 is 1.00 bits per heavy atom. The van der Waals surface area contributed by atoms with E-state index in [1.54, 1.807) is 18.3 Å². The van der Waals surface area contributed by atoms with Crippen LogP contribution in [0.15, 0.2) is 24.3 Å². The van der Waals surface area contributed by atoms with E-state index >= 15 is 0 Å². The fraction of sp³-hybridized carbons (Fsp3) is 0.550. The van der Waals surface area contributed by atoms with E-state index < -0.39 is 0 Å². The highest BCUT2D eigenvalue weighted by molar-refractivity contribution is 7.18. The van der Waals surface area contributed by atoms with Crippen molar-refractivity contribution in [1.82, 2.24) is 15.1 Å².